The fraction of sp³-hybridized carbons (Fsp3) is 0.615. The zero-order valence-corrected chi connectivity index (χ0v) is 12.1. The van der Waals surface area contributed by atoms with E-state index in [4.69, 9.17) is 4.74 Å². The molecule has 2 aromatic heterocycles. The van der Waals surface area contributed by atoms with Crippen molar-refractivity contribution in [3.05, 3.63) is 30.1 Å². The molecule has 0 atom stereocenters. The molecule has 0 aliphatic carbocycles. The van der Waals surface area contributed by atoms with Crippen LogP contribution in [0.25, 0.3) is 0 Å². The molecule has 0 fully saturated rings. The Morgan fingerprint density at radius 1 is 1.40 bits per heavy atom. The summed E-state index contributed by atoms with van der Waals surface area (Å²) in [4.78, 5) is 4.19. The fourth-order valence-electron chi connectivity index (χ4n) is 1.98. The highest BCUT2D eigenvalue weighted by atomic mass is 16.5. The van der Waals surface area contributed by atoms with Crippen LogP contribution < -0.4 is 5.32 Å². The zero-order valence-electron chi connectivity index (χ0n) is 12.1. The predicted octanol–water partition coefficient (Wildman–Crippen LogP) is 0.669. The van der Waals surface area contributed by atoms with Crippen molar-refractivity contribution < 1.29 is 4.74 Å². The van der Waals surface area contributed by atoms with Gasteiger partial charge in [-0.05, 0) is 6.42 Å². The first-order chi connectivity index (χ1) is 9.83. The summed E-state index contributed by atoms with van der Waals surface area (Å²) in [5.41, 5.74) is 2.08. The molecular weight excluding hydrogens is 256 g/mol. The van der Waals surface area contributed by atoms with Crippen molar-refractivity contribution in [1.82, 2.24) is 29.9 Å². The molecule has 2 heterocycles. The van der Waals surface area contributed by atoms with Crippen LogP contribution in [-0.4, -0.2) is 44.8 Å². The molecule has 0 saturated heterocycles. The molecule has 1 N–H and O–H groups in total. The van der Waals surface area contributed by atoms with Gasteiger partial charge in [-0.3, -0.25) is 0 Å². The monoisotopic (exact) mass is 278 g/mol. The molecule has 0 spiro atoms. The minimum absolute atomic E-state index is 0.699. The van der Waals surface area contributed by atoms with Crippen LogP contribution >= 0.6 is 0 Å². The molecule has 0 radical (unpaired) electrons. The van der Waals surface area contributed by atoms with E-state index in [-0.39, 0.29) is 0 Å². The van der Waals surface area contributed by atoms with Crippen LogP contribution in [0.15, 0.2) is 18.7 Å². The summed E-state index contributed by atoms with van der Waals surface area (Å²) in [6.45, 7) is 6.05. The maximum absolute atomic E-state index is 4.98. The molecular formula is C13H22N6O. The highest BCUT2D eigenvalue weighted by Gasteiger charge is 2.05. The Morgan fingerprint density at radius 3 is 3.10 bits per heavy atom. The molecule has 0 unspecified atom stereocenters. The van der Waals surface area contributed by atoms with Gasteiger partial charge >= 0.3 is 0 Å². The maximum Gasteiger partial charge on any atom is 0.0965 e. The maximum atomic E-state index is 4.98. The molecule has 0 bridgehead atoms. The van der Waals surface area contributed by atoms with E-state index in [0.717, 1.165) is 30.9 Å². The predicted molar refractivity (Wildman–Crippen MR) is 75.2 cm³/mol. The summed E-state index contributed by atoms with van der Waals surface area (Å²) in [5.74, 6) is 0. The van der Waals surface area contributed by atoms with Crippen LogP contribution in [0, 0.1) is 0 Å². The van der Waals surface area contributed by atoms with E-state index in [2.05, 4.69) is 32.1 Å². The molecule has 20 heavy (non-hydrogen) atoms. The highest BCUT2D eigenvalue weighted by Crippen LogP contribution is 2.04. The van der Waals surface area contributed by atoms with Gasteiger partial charge in [-0.1, -0.05) is 12.1 Å². The minimum Gasteiger partial charge on any atom is -0.383 e. The van der Waals surface area contributed by atoms with Crippen LogP contribution in [0.2, 0.25) is 0 Å². The van der Waals surface area contributed by atoms with Crippen LogP contribution in [0.1, 0.15) is 24.7 Å². The van der Waals surface area contributed by atoms with E-state index in [9.17, 15) is 0 Å². The van der Waals surface area contributed by atoms with Gasteiger partial charge in [0.05, 0.1) is 43.3 Å². The van der Waals surface area contributed by atoms with Crippen LogP contribution in [-0.2, 0) is 24.4 Å². The average molecular weight is 278 g/mol. The molecule has 0 aliphatic rings. The van der Waals surface area contributed by atoms with E-state index < -0.39 is 0 Å². The first kappa shape index (κ1) is 14.7. The third-order valence-electron chi connectivity index (χ3n) is 2.96. The molecule has 7 heteroatoms. The lowest BCUT2D eigenvalue weighted by molar-refractivity contribution is 0.199. The first-order valence-corrected chi connectivity index (χ1v) is 6.91. The Kier molecular flexibility index (Phi) is 5.69. The van der Waals surface area contributed by atoms with Gasteiger partial charge < -0.3 is 14.6 Å². The summed E-state index contributed by atoms with van der Waals surface area (Å²) in [6.07, 6.45) is 6.80. The van der Waals surface area contributed by atoms with Crippen LogP contribution in [0.4, 0.5) is 0 Å². The van der Waals surface area contributed by atoms with E-state index in [0.29, 0.717) is 19.7 Å². The Labute approximate surface area is 119 Å². The topological polar surface area (TPSA) is 69.8 Å². The van der Waals surface area contributed by atoms with Gasteiger partial charge in [-0.2, -0.15) is 0 Å². The second-order valence-electron chi connectivity index (χ2n) is 4.66. The van der Waals surface area contributed by atoms with E-state index in [1.165, 1.54) is 0 Å². The molecule has 0 amide bonds. The summed E-state index contributed by atoms with van der Waals surface area (Å²) in [6, 6.07) is 0. The number of nitrogens with zero attached hydrogens (tertiary/aromatic N) is 5. The SMILES string of the molecule is CCCn1cncc1Cn1cc(CNCCOC)nn1. The second-order valence-corrected chi connectivity index (χ2v) is 4.66. The lowest BCUT2D eigenvalue weighted by Gasteiger charge is -2.05. The molecule has 0 aliphatic heterocycles. The summed E-state index contributed by atoms with van der Waals surface area (Å²) in [5, 5.41) is 11.5. The number of aromatic nitrogens is 5. The number of rotatable bonds is 9. The average Bonchev–Trinajstić information content (AvgIpc) is 3.06. The van der Waals surface area contributed by atoms with E-state index >= 15 is 0 Å². The molecule has 7 nitrogen and oxygen atoms in total. The lowest BCUT2D eigenvalue weighted by atomic mass is 10.4. The largest absolute Gasteiger partial charge is 0.383 e. The summed E-state index contributed by atoms with van der Waals surface area (Å²) in [7, 11) is 1.69. The Morgan fingerprint density at radius 2 is 2.30 bits per heavy atom. The Hall–Kier alpha value is -1.73. The summed E-state index contributed by atoms with van der Waals surface area (Å²) >= 11 is 0. The highest BCUT2D eigenvalue weighted by molar-refractivity contribution is 5.00. The van der Waals surface area contributed by atoms with Gasteiger partial charge in [0.25, 0.3) is 0 Å². The van der Waals surface area contributed by atoms with Gasteiger partial charge in [0.2, 0.25) is 0 Å². The number of ether oxygens (including phenoxy) is 1. The zero-order chi connectivity index (χ0) is 14.2. The van der Waals surface area contributed by atoms with Gasteiger partial charge in [0.1, 0.15) is 0 Å². The lowest BCUT2D eigenvalue weighted by Crippen LogP contribution is -2.18. The normalized spacial score (nSPS) is 11.1. The standard InChI is InChI=1S/C13H22N6O/c1-3-5-18-11-15-8-13(18)10-19-9-12(16-17-19)7-14-4-6-20-2/h8-9,11,14H,3-7,10H2,1-2H3. The third kappa shape index (κ3) is 4.14. The molecule has 2 aromatic rings. The van der Waals surface area contributed by atoms with Crippen molar-refractivity contribution in [2.75, 3.05) is 20.3 Å². The third-order valence-corrected chi connectivity index (χ3v) is 2.96. The molecule has 2 rings (SSSR count). The Balaban J connectivity index is 1.87. The van der Waals surface area contributed by atoms with Crippen LogP contribution in [0.5, 0.6) is 0 Å². The number of hydrogen-bond acceptors (Lipinski definition) is 5. The number of hydrogen-bond donors (Lipinski definition) is 1. The van der Waals surface area contributed by atoms with Crippen molar-refractivity contribution in [2.45, 2.75) is 33.0 Å². The number of nitrogens with one attached hydrogen (secondary N) is 1. The van der Waals surface area contributed by atoms with Crippen molar-refractivity contribution >= 4 is 0 Å². The number of aryl methyl sites for hydroxylation is 1. The quantitative estimate of drug-likeness (QED) is 0.683. The molecule has 0 aromatic carbocycles. The van der Waals surface area contributed by atoms with Crippen molar-refractivity contribution in [2.24, 2.45) is 0 Å². The summed E-state index contributed by atoms with van der Waals surface area (Å²) < 4.78 is 8.97. The second kappa shape index (κ2) is 7.76. The van der Waals surface area contributed by atoms with Gasteiger partial charge in [-0.25, -0.2) is 9.67 Å². The molecule has 0 saturated carbocycles. The van der Waals surface area contributed by atoms with E-state index in [1.807, 2.05) is 23.4 Å². The van der Waals surface area contributed by atoms with Crippen molar-refractivity contribution in [1.29, 1.82) is 0 Å². The van der Waals surface area contributed by atoms with Gasteiger partial charge in [0.15, 0.2) is 0 Å². The Bertz CT molecular complexity index is 506. The van der Waals surface area contributed by atoms with Crippen molar-refractivity contribution in [3.63, 3.8) is 0 Å². The molecule has 110 valence electrons. The van der Waals surface area contributed by atoms with Crippen LogP contribution in [0.3, 0.4) is 0 Å². The minimum atomic E-state index is 0.699. The number of methoxy groups -OCH3 is 1. The van der Waals surface area contributed by atoms with E-state index in [1.54, 1.807) is 7.11 Å². The first-order valence-electron chi connectivity index (χ1n) is 6.91. The van der Waals surface area contributed by atoms with Gasteiger partial charge in [0, 0.05) is 26.7 Å². The van der Waals surface area contributed by atoms with Crippen molar-refractivity contribution in [3.8, 4) is 0 Å². The number of imidazole rings is 1. The fourth-order valence-corrected chi connectivity index (χ4v) is 1.98. The smallest absolute Gasteiger partial charge is 0.0965 e. The van der Waals surface area contributed by atoms with Gasteiger partial charge in [-0.15, -0.1) is 5.10 Å².